The van der Waals surface area contributed by atoms with Crippen LogP contribution < -0.4 is 10.5 Å². The van der Waals surface area contributed by atoms with E-state index in [1.54, 1.807) is 25.1 Å². The minimum atomic E-state index is -0.425. The number of ether oxygens (including phenoxy) is 2. The van der Waals surface area contributed by atoms with E-state index >= 15 is 0 Å². The molecule has 0 aliphatic carbocycles. The van der Waals surface area contributed by atoms with E-state index in [0.29, 0.717) is 28.6 Å². The number of nitrogens with two attached hydrogens (primary N) is 1. The number of carbonyl (C=O) groups excluding carboxylic acids is 1. The minimum absolute atomic E-state index is 0.372. The Morgan fingerprint density at radius 3 is 2.57 bits per heavy atom. The van der Waals surface area contributed by atoms with E-state index in [1.165, 1.54) is 7.11 Å². The summed E-state index contributed by atoms with van der Waals surface area (Å²) in [5.41, 5.74) is 8.29. The maximum Gasteiger partial charge on any atom is 0.339 e. The third kappa shape index (κ3) is 3.33. The number of benzene rings is 1. The third-order valence-electron chi connectivity index (χ3n) is 2.94. The number of carbonyl (C=O) groups is 1. The van der Waals surface area contributed by atoms with Crippen LogP contribution >= 0.6 is 15.9 Å². The van der Waals surface area contributed by atoms with Gasteiger partial charge in [-0.3, -0.25) is 0 Å². The zero-order valence-corrected chi connectivity index (χ0v) is 13.5. The predicted octanol–water partition coefficient (Wildman–Crippen LogP) is 3.62. The summed E-state index contributed by atoms with van der Waals surface area (Å²) in [6.45, 7) is 3.61. The van der Waals surface area contributed by atoms with Crippen LogP contribution in [0.1, 0.15) is 21.6 Å². The van der Waals surface area contributed by atoms with Crippen LogP contribution in [-0.4, -0.2) is 18.1 Å². The van der Waals surface area contributed by atoms with Crippen LogP contribution in [0.15, 0.2) is 28.7 Å². The first-order valence-corrected chi connectivity index (χ1v) is 7.01. The molecule has 0 spiro atoms. The summed E-state index contributed by atoms with van der Waals surface area (Å²) in [4.78, 5) is 15.8. The van der Waals surface area contributed by atoms with Crippen LogP contribution in [0, 0.1) is 13.8 Å². The second kappa shape index (κ2) is 6.13. The summed E-state index contributed by atoms with van der Waals surface area (Å²) >= 11 is 3.37. The number of methoxy groups -OCH3 is 1. The van der Waals surface area contributed by atoms with Gasteiger partial charge in [0, 0.05) is 10.5 Å². The van der Waals surface area contributed by atoms with Crippen LogP contribution in [0.3, 0.4) is 0 Å². The van der Waals surface area contributed by atoms with E-state index in [1.807, 2.05) is 13.0 Å². The number of aromatic nitrogens is 1. The van der Waals surface area contributed by atoms with Crippen molar-refractivity contribution in [2.45, 2.75) is 13.8 Å². The van der Waals surface area contributed by atoms with Crippen LogP contribution in [-0.2, 0) is 4.74 Å². The number of nitrogen functional groups attached to an aromatic ring is 1. The summed E-state index contributed by atoms with van der Waals surface area (Å²) in [5, 5.41) is 0. The van der Waals surface area contributed by atoms with Crippen molar-refractivity contribution in [3.8, 4) is 11.6 Å². The lowest BCUT2D eigenvalue weighted by atomic mass is 10.2. The van der Waals surface area contributed by atoms with Crippen molar-refractivity contribution >= 4 is 27.6 Å². The zero-order valence-electron chi connectivity index (χ0n) is 11.9. The molecule has 2 aromatic rings. The van der Waals surface area contributed by atoms with E-state index in [9.17, 15) is 4.79 Å². The van der Waals surface area contributed by atoms with Gasteiger partial charge in [-0.2, -0.15) is 0 Å². The highest BCUT2D eigenvalue weighted by Crippen LogP contribution is 2.33. The highest BCUT2D eigenvalue weighted by molar-refractivity contribution is 9.10. The summed E-state index contributed by atoms with van der Waals surface area (Å²) in [7, 11) is 1.33. The van der Waals surface area contributed by atoms with Gasteiger partial charge in [-0.1, -0.05) is 15.9 Å². The maximum absolute atomic E-state index is 11.5. The smallest absolute Gasteiger partial charge is 0.339 e. The van der Waals surface area contributed by atoms with Crippen LogP contribution in [0.4, 0.5) is 5.69 Å². The SMILES string of the molecule is COC(=O)c1ccc(Oc2c(C)cc(Br)cc2N)nc1C. The summed E-state index contributed by atoms with van der Waals surface area (Å²) in [6, 6.07) is 6.90. The first kappa shape index (κ1) is 15.3. The molecule has 5 nitrogen and oxygen atoms in total. The highest BCUT2D eigenvalue weighted by Gasteiger charge is 2.13. The largest absolute Gasteiger partial charge is 0.465 e. The van der Waals surface area contributed by atoms with Crippen LogP contribution in [0.2, 0.25) is 0 Å². The van der Waals surface area contributed by atoms with Gasteiger partial charge in [-0.05, 0) is 37.6 Å². The fraction of sp³-hybridized carbons (Fsp3) is 0.200. The molecule has 0 saturated heterocycles. The number of anilines is 1. The van der Waals surface area contributed by atoms with Crippen molar-refractivity contribution in [1.82, 2.24) is 4.98 Å². The van der Waals surface area contributed by atoms with Gasteiger partial charge >= 0.3 is 5.97 Å². The molecule has 0 unspecified atom stereocenters. The third-order valence-corrected chi connectivity index (χ3v) is 3.40. The average molecular weight is 351 g/mol. The molecule has 0 aliphatic heterocycles. The Kier molecular flexibility index (Phi) is 4.47. The van der Waals surface area contributed by atoms with Crippen LogP contribution in [0.25, 0.3) is 0 Å². The molecule has 0 bridgehead atoms. The van der Waals surface area contributed by atoms with Gasteiger partial charge in [0.1, 0.15) is 0 Å². The number of hydrogen-bond donors (Lipinski definition) is 1. The van der Waals surface area contributed by atoms with Gasteiger partial charge in [0.25, 0.3) is 0 Å². The minimum Gasteiger partial charge on any atom is -0.465 e. The standard InChI is InChI=1S/C15H15BrN2O3/c1-8-6-10(16)7-12(17)14(8)21-13-5-4-11(9(2)18-13)15(19)20-3/h4-7H,17H2,1-3H3. The lowest BCUT2D eigenvalue weighted by Crippen LogP contribution is -2.06. The van der Waals surface area contributed by atoms with Crippen molar-refractivity contribution in [3.63, 3.8) is 0 Å². The van der Waals surface area contributed by atoms with Gasteiger partial charge in [-0.25, -0.2) is 9.78 Å². The summed E-state index contributed by atoms with van der Waals surface area (Å²) in [6.07, 6.45) is 0. The highest BCUT2D eigenvalue weighted by atomic mass is 79.9. The zero-order chi connectivity index (χ0) is 15.6. The molecule has 21 heavy (non-hydrogen) atoms. The number of hydrogen-bond acceptors (Lipinski definition) is 5. The molecular weight excluding hydrogens is 336 g/mol. The Hall–Kier alpha value is -2.08. The number of rotatable bonds is 3. The number of halogens is 1. The van der Waals surface area contributed by atoms with E-state index in [2.05, 4.69) is 25.7 Å². The molecule has 6 heteroatoms. The topological polar surface area (TPSA) is 74.4 Å². The molecule has 0 saturated carbocycles. The molecule has 0 atom stereocenters. The molecule has 0 aliphatic rings. The quantitative estimate of drug-likeness (QED) is 0.675. The molecular formula is C15H15BrN2O3. The normalized spacial score (nSPS) is 10.3. The van der Waals surface area contributed by atoms with Gasteiger partial charge < -0.3 is 15.2 Å². The van der Waals surface area contributed by atoms with Crippen molar-refractivity contribution in [2.75, 3.05) is 12.8 Å². The monoisotopic (exact) mass is 350 g/mol. The molecule has 0 fully saturated rings. The summed E-state index contributed by atoms with van der Waals surface area (Å²) < 4.78 is 11.3. The lowest BCUT2D eigenvalue weighted by Gasteiger charge is -2.12. The van der Waals surface area contributed by atoms with Crippen LogP contribution in [0.5, 0.6) is 11.6 Å². The van der Waals surface area contributed by atoms with Gasteiger partial charge in [0.15, 0.2) is 5.75 Å². The van der Waals surface area contributed by atoms with Gasteiger partial charge in [0.2, 0.25) is 5.88 Å². The molecule has 0 radical (unpaired) electrons. The Balaban J connectivity index is 2.33. The second-order valence-electron chi connectivity index (χ2n) is 4.52. The molecule has 2 rings (SSSR count). The number of esters is 1. The van der Waals surface area contributed by atoms with E-state index in [-0.39, 0.29) is 0 Å². The molecule has 1 aromatic heterocycles. The van der Waals surface area contributed by atoms with E-state index in [0.717, 1.165) is 10.0 Å². The maximum atomic E-state index is 11.5. The van der Waals surface area contributed by atoms with Crippen molar-refractivity contribution in [3.05, 3.63) is 45.6 Å². The molecule has 1 aromatic carbocycles. The molecule has 110 valence electrons. The Bertz CT molecular complexity index is 678. The van der Waals surface area contributed by atoms with Crippen molar-refractivity contribution < 1.29 is 14.3 Å². The average Bonchev–Trinajstić information content (AvgIpc) is 2.42. The Morgan fingerprint density at radius 1 is 1.29 bits per heavy atom. The Morgan fingerprint density at radius 2 is 2.00 bits per heavy atom. The number of nitrogens with zero attached hydrogens (tertiary/aromatic N) is 1. The first-order valence-electron chi connectivity index (χ1n) is 6.21. The van der Waals surface area contributed by atoms with Crippen molar-refractivity contribution in [2.24, 2.45) is 0 Å². The van der Waals surface area contributed by atoms with E-state index in [4.69, 9.17) is 10.5 Å². The first-order chi connectivity index (χ1) is 9.92. The van der Waals surface area contributed by atoms with Crippen molar-refractivity contribution in [1.29, 1.82) is 0 Å². The number of aryl methyl sites for hydroxylation is 2. The van der Waals surface area contributed by atoms with Gasteiger partial charge in [-0.15, -0.1) is 0 Å². The summed E-state index contributed by atoms with van der Waals surface area (Å²) in [5.74, 6) is 0.499. The fourth-order valence-corrected chi connectivity index (χ4v) is 2.51. The fourth-order valence-electron chi connectivity index (χ4n) is 1.92. The van der Waals surface area contributed by atoms with E-state index < -0.39 is 5.97 Å². The Labute approximate surface area is 131 Å². The molecule has 2 N–H and O–H groups in total. The van der Waals surface area contributed by atoms with Gasteiger partial charge in [0.05, 0.1) is 24.1 Å². The lowest BCUT2D eigenvalue weighted by molar-refractivity contribution is 0.0599. The predicted molar refractivity (Wildman–Crippen MR) is 83.7 cm³/mol. The molecule has 1 heterocycles. The molecule has 0 amide bonds. The second-order valence-corrected chi connectivity index (χ2v) is 5.43. The number of pyridine rings is 1.